The molecule has 13 heteroatoms. The van der Waals surface area contributed by atoms with Crippen molar-refractivity contribution in [3.8, 4) is 5.75 Å². The molecule has 3 rings (SSSR count). The molecule has 2 aromatic carbocycles. The van der Waals surface area contributed by atoms with Gasteiger partial charge in [-0.15, -0.1) is 0 Å². The smallest absolute Gasteiger partial charge is 0.305 e. The van der Waals surface area contributed by atoms with Crippen molar-refractivity contribution in [2.24, 2.45) is 4.99 Å². The van der Waals surface area contributed by atoms with Gasteiger partial charge < -0.3 is 23.7 Å². The first-order chi connectivity index (χ1) is 18.9. The van der Waals surface area contributed by atoms with Gasteiger partial charge in [-0.05, 0) is 36.8 Å². The number of carbonyl (C=O) groups excluding carboxylic acids is 3. The zero-order valence-electron chi connectivity index (χ0n) is 22.6. The molecule has 0 radical (unpaired) electrons. The van der Waals surface area contributed by atoms with Gasteiger partial charge >= 0.3 is 17.9 Å². The van der Waals surface area contributed by atoms with Crippen molar-refractivity contribution in [2.75, 3.05) is 13.7 Å². The summed E-state index contributed by atoms with van der Waals surface area (Å²) in [5, 5.41) is 0. The summed E-state index contributed by atoms with van der Waals surface area (Å²) in [4.78, 5) is 40.4. The predicted molar refractivity (Wildman–Crippen MR) is 140 cm³/mol. The summed E-state index contributed by atoms with van der Waals surface area (Å²) in [7, 11) is -2.75. The molecule has 0 bridgehead atoms. The first kappa shape index (κ1) is 30.7. The molecule has 12 nitrogen and oxygen atoms in total. The molecule has 0 N–H and O–H groups in total. The molecule has 0 aliphatic carbocycles. The van der Waals surface area contributed by atoms with Gasteiger partial charge in [0, 0.05) is 27.0 Å². The van der Waals surface area contributed by atoms with Gasteiger partial charge in [-0.3, -0.25) is 23.6 Å². The number of aryl methyl sites for hydroxylation is 1. The Bertz CT molecular complexity index is 1340. The molecule has 40 heavy (non-hydrogen) atoms. The molecule has 1 aliphatic heterocycles. The Labute approximate surface area is 232 Å². The van der Waals surface area contributed by atoms with Gasteiger partial charge in [-0.2, -0.15) is 8.42 Å². The average molecular weight is 578 g/mol. The quantitative estimate of drug-likeness (QED) is 0.177. The van der Waals surface area contributed by atoms with E-state index in [1.165, 1.54) is 25.5 Å². The highest BCUT2D eigenvalue weighted by Crippen LogP contribution is 2.30. The largest absolute Gasteiger partial charge is 0.497 e. The van der Waals surface area contributed by atoms with Crippen molar-refractivity contribution >= 4 is 34.2 Å². The number of esters is 3. The molecule has 1 heterocycles. The van der Waals surface area contributed by atoms with E-state index in [0.29, 0.717) is 11.3 Å². The Hall–Kier alpha value is -3.81. The summed E-state index contributed by atoms with van der Waals surface area (Å²) in [6.07, 6.45) is -4.06. The van der Waals surface area contributed by atoms with Crippen LogP contribution in [0, 0.1) is 6.92 Å². The second-order valence-corrected chi connectivity index (χ2v) is 10.5. The van der Waals surface area contributed by atoms with Gasteiger partial charge in [0.2, 0.25) is 6.29 Å². The summed E-state index contributed by atoms with van der Waals surface area (Å²) >= 11 is 0. The van der Waals surface area contributed by atoms with Crippen LogP contribution in [-0.4, -0.2) is 76.9 Å². The van der Waals surface area contributed by atoms with E-state index in [1.54, 1.807) is 43.3 Å². The Morgan fingerprint density at radius 3 is 2.15 bits per heavy atom. The van der Waals surface area contributed by atoms with E-state index in [0.717, 1.165) is 26.3 Å². The van der Waals surface area contributed by atoms with Gasteiger partial charge in [0.1, 0.15) is 11.9 Å². The number of benzene rings is 2. The van der Waals surface area contributed by atoms with Crippen LogP contribution in [0.15, 0.2) is 58.4 Å². The Balaban J connectivity index is 1.98. The number of ether oxygens (including phenoxy) is 5. The number of aliphatic imine (C=N–C) groups is 1. The van der Waals surface area contributed by atoms with Crippen molar-refractivity contribution in [2.45, 2.75) is 63.2 Å². The number of hydrogen-bond donors (Lipinski definition) is 0. The molecule has 0 unspecified atom stereocenters. The van der Waals surface area contributed by atoms with Crippen molar-refractivity contribution in [1.29, 1.82) is 0 Å². The summed E-state index contributed by atoms with van der Waals surface area (Å²) < 4.78 is 58.2. The SMILES string of the molecule is COc1cccc(C=N[C@@H]2[C@H](OC(C)=O)O[C@H](COS(=O)(=O)c3ccc(C)cc3)[C@H](OC(C)=O)[C@@H]2OC(C)=O)c1. The topological polar surface area (TPSA) is 153 Å². The monoisotopic (exact) mass is 577 g/mol. The fourth-order valence-electron chi connectivity index (χ4n) is 3.93. The standard InChI is InChI=1S/C27H31NO11S/c1-16-9-11-22(12-10-16)40(32,33)35-15-23-25(36-17(2)29)26(37-18(3)30)24(27(39-23)38-19(4)31)28-14-20-7-6-8-21(13-20)34-5/h6-14,23-27H,15H2,1-5H3/t23-,24+,25+,26-,27-/m1/s1. The van der Waals surface area contributed by atoms with E-state index >= 15 is 0 Å². The highest BCUT2D eigenvalue weighted by molar-refractivity contribution is 7.86. The van der Waals surface area contributed by atoms with Crippen molar-refractivity contribution < 1.29 is 50.7 Å². The maximum absolute atomic E-state index is 12.8. The molecule has 5 atom stereocenters. The Kier molecular flexibility index (Phi) is 10.4. The normalized spacial score (nSPS) is 22.9. The third-order valence-electron chi connectivity index (χ3n) is 5.69. The van der Waals surface area contributed by atoms with E-state index in [9.17, 15) is 22.8 Å². The molecule has 0 amide bonds. The van der Waals surface area contributed by atoms with E-state index in [4.69, 9.17) is 27.9 Å². The highest BCUT2D eigenvalue weighted by atomic mass is 32.2. The molecule has 0 aromatic heterocycles. The molecule has 1 saturated heterocycles. The van der Waals surface area contributed by atoms with Crippen LogP contribution in [0.4, 0.5) is 0 Å². The van der Waals surface area contributed by atoms with Crippen LogP contribution >= 0.6 is 0 Å². The number of carbonyl (C=O) groups is 3. The lowest BCUT2D eigenvalue weighted by molar-refractivity contribution is -0.264. The molecule has 2 aromatic rings. The number of nitrogens with zero attached hydrogens (tertiary/aromatic N) is 1. The summed E-state index contributed by atoms with van der Waals surface area (Å²) in [5.74, 6) is -1.70. The second-order valence-electron chi connectivity index (χ2n) is 8.90. The van der Waals surface area contributed by atoms with Crippen molar-refractivity contribution in [1.82, 2.24) is 0 Å². The zero-order chi connectivity index (χ0) is 29.4. The third-order valence-corrected chi connectivity index (χ3v) is 6.98. The van der Waals surface area contributed by atoms with E-state index in [2.05, 4.69) is 4.99 Å². The van der Waals surface area contributed by atoms with Gasteiger partial charge in [0.15, 0.2) is 18.2 Å². The van der Waals surface area contributed by atoms with Crippen LogP contribution in [0.1, 0.15) is 31.9 Å². The number of rotatable bonds is 10. The van der Waals surface area contributed by atoms with Crippen LogP contribution in [0.5, 0.6) is 5.75 Å². The van der Waals surface area contributed by atoms with Crippen LogP contribution in [0.2, 0.25) is 0 Å². The van der Waals surface area contributed by atoms with Crippen molar-refractivity contribution in [3.63, 3.8) is 0 Å². The molecule has 0 saturated carbocycles. The molecular formula is C27H31NO11S. The van der Waals surface area contributed by atoms with Gasteiger partial charge in [-0.1, -0.05) is 29.8 Å². The van der Waals surface area contributed by atoms with Crippen LogP contribution in [0.25, 0.3) is 0 Å². The van der Waals surface area contributed by atoms with Gasteiger partial charge in [0.05, 0.1) is 18.6 Å². The molecular weight excluding hydrogens is 546 g/mol. The molecule has 0 spiro atoms. The highest BCUT2D eigenvalue weighted by Gasteiger charge is 2.51. The van der Waals surface area contributed by atoms with Crippen LogP contribution < -0.4 is 4.74 Å². The van der Waals surface area contributed by atoms with E-state index in [1.807, 2.05) is 0 Å². The average Bonchev–Trinajstić information content (AvgIpc) is 2.88. The third kappa shape index (κ3) is 8.34. The van der Waals surface area contributed by atoms with E-state index in [-0.39, 0.29) is 4.90 Å². The maximum atomic E-state index is 12.8. The van der Waals surface area contributed by atoms with Crippen molar-refractivity contribution in [3.05, 3.63) is 59.7 Å². The van der Waals surface area contributed by atoms with Crippen LogP contribution in [-0.2, 0) is 47.6 Å². The minimum atomic E-state index is -4.25. The fraction of sp³-hybridized carbons (Fsp3) is 0.407. The lowest BCUT2D eigenvalue weighted by atomic mass is 9.96. The minimum absolute atomic E-state index is 0.105. The number of hydrogen-bond acceptors (Lipinski definition) is 12. The predicted octanol–water partition coefficient (Wildman–Crippen LogP) is 2.35. The fourth-order valence-corrected chi connectivity index (χ4v) is 4.85. The first-order valence-electron chi connectivity index (χ1n) is 12.2. The Morgan fingerprint density at radius 2 is 1.55 bits per heavy atom. The molecule has 216 valence electrons. The van der Waals surface area contributed by atoms with Gasteiger partial charge in [0.25, 0.3) is 10.1 Å². The Morgan fingerprint density at radius 1 is 0.925 bits per heavy atom. The second kappa shape index (κ2) is 13.5. The van der Waals surface area contributed by atoms with E-state index < -0.39 is 65.3 Å². The zero-order valence-corrected chi connectivity index (χ0v) is 23.5. The minimum Gasteiger partial charge on any atom is -0.497 e. The van der Waals surface area contributed by atoms with Crippen LogP contribution in [0.3, 0.4) is 0 Å². The maximum Gasteiger partial charge on any atom is 0.305 e. The lowest BCUT2D eigenvalue weighted by Gasteiger charge is -2.43. The summed E-state index contributed by atoms with van der Waals surface area (Å²) in [6, 6.07) is 11.6. The summed E-state index contributed by atoms with van der Waals surface area (Å²) in [5.41, 5.74) is 1.44. The lowest BCUT2D eigenvalue weighted by Crippen LogP contribution is -2.61. The number of methoxy groups -OCH3 is 1. The summed E-state index contributed by atoms with van der Waals surface area (Å²) in [6.45, 7) is 4.54. The van der Waals surface area contributed by atoms with Gasteiger partial charge in [-0.25, -0.2) is 0 Å². The molecule has 1 fully saturated rings. The first-order valence-corrected chi connectivity index (χ1v) is 13.6. The molecule has 1 aliphatic rings.